The molecule has 0 aliphatic carbocycles. The predicted octanol–water partition coefficient (Wildman–Crippen LogP) is -0.184. The number of carbonyl (C=O) groups is 2. The summed E-state index contributed by atoms with van der Waals surface area (Å²) in [5.41, 5.74) is 5.20. The summed E-state index contributed by atoms with van der Waals surface area (Å²) in [5.74, 6) is -0.0911. The van der Waals surface area contributed by atoms with Crippen LogP contribution < -0.4 is 16.1 Å². The van der Waals surface area contributed by atoms with Gasteiger partial charge in [0.2, 0.25) is 11.8 Å². The lowest BCUT2D eigenvalue weighted by Gasteiger charge is -2.39. The Morgan fingerprint density at radius 3 is 2.89 bits per heavy atom. The number of hydrogen-bond donors (Lipinski definition) is 3. The maximum Gasteiger partial charge on any atom is 0.247 e. The molecule has 8 heteroatoms. The predicted molar refractivity (Wildman–Crippen MR) is 99.7 cm³/mol. The molecule has 2 fully saturated rings. The molecule has 4 heterocycles. The molecule has 1 aromatic rings. The van der Waals surface area contributed by atoms with E-state index in [1.165, 1.54) is 0 Å². The quantitative estimate of drug-likeness (QED) is 0.681. The Balaban J connectivity index is 1.47. The van der Waals surface area contributed by atoms with Crippen LogP contribution in [0.3, 0.4) is 0 Å². The van der Waals surface area contributed by atoms with Gasteiger partial charge in [-0.15, -0.1) is 0 Å². The number of hydrogen-bond acceptors (Lipinski definition) is 6. The lowest BCUT2D eigenvalue weighted by atomic mass is 9.92. The third kappa shape index (κ3) is 3.68. The molecular weight excluding hydrogens is 344 g/mol. The average molecular weight is 370 g/mol. The van der Waals surface area contributed by atoms with Gasteiger partial charge in [0, 0.05) is 37.5 Å². The van der Waals surface area contributed by atoms with Crippen molar-refractivity contribution in [3.05, 3.63) is 41.9 Å². The fourth-order valence-corrected chi connectivity index (χ4v) is 4.15. The van der Waals surface area contributed by atoms with Crippen molar-refractivity contribution in [2.24, 2.45) is 11.8 Å². The summed E-state index contributed by atoms with van der Waals surface area (Å²) in [6.45, 7) is 2.88. The van der Waals surface area contributed by atoms with Crippen molar-refractivity contribution >= 4 is 11.8 Å². The zero-order chi connectivity index (χ0) is 18.8. The molecule has 0 radical (unpaired) electrons. The molecule has 2 saturated heterocycles. The number of carbonyl (C=O) groups excluding carboxylic acids is 2. The highest BCUT2D eigenvalue weighted by atomic mass is 16.2. The maximum atomic E-state index is 13.0. The van der Waals surface area contributed by atoms with Gasteiger partial charge in [-0.2, -0.15) is 0 Å². The first kappa shape index (κ1) is 17.9. The molecule has 2 unspecified atom stereocenters. The van der Waals surface area contributed by atoms with E-state index in [0.29, 0.717) is 19.0 Å². The number of nitrogens with one attached hydrogen (secondary N) is 3. The lowest BCUT2D eigenvalue weighted by molar-refractivity contribution is -0.136. The Kier molecular flexibility index (Phi) is 5.09. The first-order chi connectivity index (χ1) is 13.1. The van der Waals surface area contributed by atoms with Gasteiger partial charge < -0.3 is 15.5 Å². The molecule has 1 aromatic heterocycles. The third-order valence-corrected chi connectivity index (χ3v) is 5.56. The number of fused-ring (bicyclic) bond motifs is 1. The van der Waals surface area contributed by atoms with E-state index in [-0.39, 0.29) is 23.9 Å². The van der Waals surface area contributed by atoms with Crippen LogP contribution in [-0.4, -0.2) is 59.6 Å². The Morgan fingerprint density at radius 2 is 2.15 bits per heavy atom. The molecule has 8 nitrogen and oxygen atoms in total. The number of aromatic nitrogens is 1. The molecule has 144 valence electrons. The smallest absolute Gasteiger partial charge is 0.247 e. The fraction of sp³-hybridized carbons (Fsp3) is 0.526. The van der Waals surface area contributed by atoms with Gasteiger partial charge in [-0.25, -0.2) is 5.43 Å². The molecule has 2 amide bonds. The van der Waals surface area contributed by atoms with Crippen molar-refractivity contribution in [1.82, 2.24) is 31.0 Å². The van der Waals surface area contributed by atoms with E-state index in [0.717, 1.165) is 37.3 Å². The molecule has 27 heavy (non-hydrogen) atoms. The second kappa shape index (κ2) is 7.66. The highest BCUT2D eigenvalue weighted by Gasteiger charge is 2.45. The van der Waals surface area contributed by atoms with Gasteiger partial charge in [-0.1, -0.05) is 6.07 Å². The molecule has 2 atom stereocenters. The zero-order valence-electron chi connectivity index (χ0n) is 15.5. The van der Waals surface area contributed by atoms with E-state index in [1.807, 2.05) is 23.2 Å². The molecule has 3 aliphatic heterocycles. The van der Waals surface area contributed by atoms with E-state index in [1.54, 1.807) is 24.2 Å². The summed E-state index contributed by atoms with van der Waals surface area (Å²) < 4.78 is 0. The van der Waals surface area contributed by atoms with E-state index in [2.05, 4.69) is 21.0 Å². The second-order valence-corrected chi connectivity index (χ2v) is 7.40. The van der Waals surface area contributed by atoms with Crippen molar-refractivity contribution in [2.75, 3.05) is 26.7 Å². The maximum absolute atomic E-state index is 13.0. The topological polar surface area (TPSA) is 89.6 Å². The minimum Gasteiger partial charge on any atom is -0.339 e. The third-order valence-electron chi connectivity index (χ3n) is 5.56. The van der Waals surface area contributed by atoms with Crippen LogP contribution in [0.25, 0.3) is 0 Å². The summed E-state index contributed by atoms with van der Waals surface area (Å²) in [4.78, 5) is 31.3. The highest BCUT2D eigenvalue weighted by molar-refractivity contribution is 5.90. The summed E-state index contributed by atoms with van der Waals surface area (Å²) in [7, 11) is 1.79. The summed E-state index contributed by atoms with van der Waals surface area (Å²) in [5, 5.41) is 8.33. The van der Waals surface area contributed by atoms with Crippen LogP contribution >= 0.6 is 0 Å². The average Bonchev–Trinajstić information content (AvgIpc) is 3.11. The standard InChI is InChI=1S/C19H26N6O2/c1-24(12-14-4-2-3-7-21-14)19(27)15-11-22-25-16(10-17(26)23-18(15)25)13-5-8-20-9-6-13/h2-4,7,10,13,15,18,20,22H,5-6,8-9,11-12H2,1H3,(H,23,26). The van der Waals surface area contributed by atoms with Crippen molar-refractivity contribution in [1.29, 1.82) is 0 Å². The zero-order valence-corrected chi connectivity index (χ0v) is 15.5. The Bertz CT molecular complexity index is 731. The number of amides is 2. The first-order valence-electron chi connectivity index (χ1n) is 9.54. The normalized spacial score (nSPS) is 25.6. The van der Waals surface area contributed by atoms with E-state index >= 15 is 0 Å². The molecule has 0 saturated carbocycles. The van der Waals surface area contributed by atoms with Crippen LogP contribution in [0.15, 0.2) is 36.2 Å². The fourth-order valence-electron chi connectivity index (χ4n) is 4.15. The molecule has 0 bridgehead atoms. The molecular formula is C19H26N6O2. The van der Waals surface area contributed by atoms with E-state index in [4.69, 9.17) is 0 Å². The summed E-state index contributed by atoms with van der Waals surface area (Å²) in [6.07, 6.45) is 5.07. The van der Waals surface area contributed by atoms with Crippen LogP contribution in [0.5, 0.6) is 0 Å². The lowest BCUT2D eigenvalue weighted by Crippen LogP contribution is -2.56. The van der Waals surface area contributed by atoms with Crippen molar-refractivity contribution in [3.63, 3.8) is 0 Å². The van der Waals surface area contributed by atoms with Crippen molar-refractivity contribution < 1.29 is 9.59 Å². The van der Waals surface area contributed by atoms with Gasteiger partial charge in [-0.3, -0.25) is 19.6 Å². The van der Waals surface area contributed by atoms with Gasteiger partial charge in [-0.05, 0) is 38.1 Å². The van der Waals surface area contributed by atoms with Gasteiger partial charge in [0.25, 0.3) is 0 Å². The van der Waals surface area contributed by atoms with Crippen LogP contribution in [0.4, 0.5) is 0 Å². The van der Waals surface area contributed by atoms with Gasteiger partial charge in [0.05, 0.1) is 18.2 Å². The van der Waals surface area contributed by atoms with Crippen LogP contribution in [0, 0.1) is 11.8 Å². The van der Waals surface area contributed by atoms with Crippen LogP contribution in [-0.2, 0) is 16.1 Å². The minimum absolute atomic E-state index is 0.00696. The highest BCUT2D eigenvalue weighted by Crippen LogP contribution is 2.31. The minimum atomic E-state index is -0.342. The number of nitrogens with zero attached hydrogens (tertiary/aromatic N) is 3. The SMILES string of the molecule is CN(Cc1ccccn1)C(=O)C1CNN2C(C3CCNCC3)=CC(=O)NC12. The monoisotopic (exact) mass is 370 g/mol. The molecule has 0 aromatic carbocycles. The number of hydrazine groups is 1. The van der Waals surface area contributed by atoms with E-state index < -0.39 is 0 Å². The number of rotatable bonds is 4. The molecule has 4 rings (SSSR count). The molecule has 3 aliphatic rings. The summed E-state index contributed by atoms with van der Waals surface area (Å²) >= 11 is 0. The molecule has 3 N–H and O–H groups in total. The van der Waals surface area contributed by atoms with Gasteiger partial charge in [0.15, 0.2) is 0 Å². The number of allylic oxidation sites excluding steroid dienone is 1. The summed E-state index contributed by atoms with van der Waals surface area (Å²) in [6, 6.07) is 5.68. The van der Waals surface area contributed by atoms with Crippen molar-refractivity contribution in [3.8, 4) is 0 Å². The van der Waals surface area contributed by atoms with Crippen molar-refractivity contribution in [2.45, 2.75) is 25.6 Å². The number of piperidine rings is 1. The van der Waals surface area contributed by atoms with E-state index in [9.17, 15) is 9.59 Å². The largest absolute Gasteiger partial charge is 0.339 e. The Hall–Kier alpha value is -2.45. The van der Waals surface area contributed by atoms with Crippen LogP contribution in [0.1, 0.15) is 18.5 Å². The number of pyridine rings is 1. The molecule has 0 spiro atoms. The van der Waals surface area contributed by atoms with Gasteiger partial charge >= 0.3 is 0 Å². The Labute approximate surface area is 159 Å². The van der Waals surface area contributed by atoms with Crippen LogP contribution in [0.2, 0.25) is 0 Å². The second-order valence-electron chi connectivity index (χ2n) is 7.40. The van der Waals surface area contributed by atoms with Gasteiger partial charge in [0.1, 0.15) is 6.17 Å². The Morgan fingerprint density at radius 1 is 1.33 bits per heavy atom. The first-order valence-corrected chi connectivity index (χ1v) is 9.54.